The first-order valence-corrected chi connectivity index (χ1v) is 6.69. The number of hydrogen-bond donors (Lipinski definition) is 1. The lowest BCUT2D eigenvalue weighted by atomic mass is 9.96. The van der Waals surface area contributed by atoms with Crippen molar-refractivity contribution in [3.63, 3.8) is 0 Å². The summed E-state index contributed by atoms with van der Waals surface area (Å²) in [6.45, 7) is 4.85. The minimum absolute atomic E-state index is 0.175. The Labute approximate surface area is 109 Å². The van der Waals surface area contributed by atoms with Crippen molar-refractivity contribution in [3.05, 3.63) is 23.5 Å². The second-order valence-electron chi connectivity index (χ2n) is 5.21. The molecule has 2 heterocycles. The minimum atomic E-state index is 0.175. The third-order valence-electron chi connectivity index (χ3n) is 3.99. The molecule has 1 aliphatic heterocycles. The van der Waals surface area contributed by atoms with Gasteiger partial charge in [0, 0.05) is 25.8 Å². The number of hydrogen-bond acceptors (Lipinski definition) is 2. The van der Waals surface area contributed by atoms with Crippen LogP contribution in [0.25, 0.3) is 0 Å². The van der Waals surface area contributed by atoms with Crippen molar-refractivity contribution in [2.24, 2.45) is 13.0 Å². The third-order valence-corrected chi connectivity index (χ3v) is 3.99. The van der Waals surface area contributed by atoms with Gasteiger partial charge in [-0.3, -0.25) is 4.79 Å². The normalized spacial score (nSPS) is 17.2. The van der Waals surface area contributed by atoms with Crippen LogP contribution in [0.1, 0.15) is 29.0 Å². The number of amides is 1. The van der Waals surface area contributed by atoms with Crippen LogP contribution in [-0.4, -0.2) is 42.1 Å². The molecule has 0 saturated carbocycles. The first-order valence-electron chi connectivity index (χ1n) is 6.69. The van der Waals surface area contributed by atoms with E-state index in [2.05, 4.69) is 5.32 Å². The highest BCUT2D eigenvalue weighted by atomic mass is 16.2. The number of piperidine rings is 1. The summed E-state index contributed by atoms with van der Waals surface area (Å²) in [6.07, 6.45) is 2.21. The average Bonchev–Trinajstić information content (AvgIpc) is 2.71. The van der Waals surface area contributed by atoms with Gasteiger partial charge in [0.05, 0.1) is 0 Å². The number of nitrogens with one attached hydrogen (secondary N) is 1. The lowest BCUT2D eigenvalue weighted by Crippen LogP contribution is -2.41. The van der Waals surface area contributed by atoms with Gasteiger partial charge in [-0.2, -0.15) is 0 Å². The Hall–Kier alpha value is -1.29. The number of aromatic nitrogens is 1. The fourth-order valence-corrected chi connectivity index (χ4v) is 2.62. The highest BCUT2D eigenvalue weighted by Gasteiger charge is 2.24. The third kappa shape index (κ3) is 2.58. The molecule has 0 unspecified atom stereocenters. The summed E-state index contributed by atoms with van der Waals surface area (Å²) in [4.78, 5) is 14.4. The summed E-state index contributed by atoms with van der Waals surface area (Å²) < 4.78 is 1.97. The van der Waals surface area contributed by atoms with E-state index in [0.717, 1.165) is 43.9 Å². The molecular formula is C14H23N3O. The molecule has 1 saturated heterocycles. The number of carbonyl (C=O) groups is 1. The molecule has 1 aromatic rings. The van der Waals surface area contributed by atoms with E-state index >= 15 is 0 Å². The van der Waals surface area contributed by atoms with Crippen molar-refractivity contribution < 1.29 is 4.79 Å². The predicted octanol–water partition coefficient (Wildman–Crippen LogP) is 1.41. The van der Waals surface area contributed by atoms with Crippen LogP contribution in [-0.2, 0) is 7.05 Å². The highest BCUT2D eigenvalue weighted by molar-refractivity contribution is 5.93. The number of likely N-dealkylation sites (tertiary alicyclic amines) is 1. The van der Waals surface area contributed by atoms with E-state index in [0.29, 0.717) is 5.92 Å². The number of aryl methyl sites for hydroxylation is 1. The topological polar surface area (TPSA) is 37.3 Å². The molecule has 0 bridgehead atoms. The van der Waals surface area contributed by atoms with E-state index in [1.165, 1.54) is 0 Å². The van der Waals surface area contributed by atoms with Crippen molar-refractivity contribution in [2.75, 3.05) is 26.7 Å². The SMILES string of the molecule is CNCC1CCN(C(=O)c2ccc(C)n2C)CC1. The summed E-state index contributed by atoms with van der Waals surface area (Å²) >= 11 is 0. The smallest absolute Gasteiger partial charge is 0.270 e. The van der Waals surface area contributed by atoms with E-state index in [9.17, 15) is 4.79 Å². The maximum Gasteiger partial charge on any atom is 0.270 e. The number of rotatable bonds is 3. The van der Waals surface area contributed by atoms with Gasteiger partial charge in [0.25, 0.3) is 5.91 Å². The van der Waals surface area contributed by atoms with Gasteiger partial charge in [0.1, 0.15) is 5.69 Å². The Balaban J connectivity index is 1.97. The Morgan fingerprint density at radius 2 is 2.06 bits per heavy atom. The zero-order valence-electron chi connectivity index (χ0n) is 11.6. The van der Waals surface area contributed by atoms with Crippen molar-refractivity contribution in [1.82, 2.24) is 14.8 Å². The van der Waals surface area contributed by atoms with Gasteiger partial charge in [-0.15, -0.1) is 0 Å². The molecule has 0 aromatic carbocycles. The molecule has 1 fully saturated rings. The molecule has 4 nitrogen and oxygen atoms in total. The molecular weight excluding hydrogens is 226 g/mol. The van der Waals surface area contributed by atoms with Crippen LogP contribution in [0, 0.1) is 12.8 Å². The van der Waals surface area contributed by atoms with Crippen molar-refractivity contribution in [3.8, 4) is 0 Å². The molecule has 1 aromatic heterocycles. The second-order valence-corrected chi connectivity index (χ2v) is 5.21. The Morgan fingerprint density at radius 3 is 2.56 bits per heavy atom. The largest absolute Gasteiger partial charge is 0.344 e. The first kappa shape index (κ1) is 13.1. The molecule has 18 heavy (non-hydrogen) atoms. The molecule has 0 spiro atoms. The van der Waals surface area contributed by atoms with Crippen LogP contribution in [0.2, 0.25) is 0 Å². The molecule has 0 atom stereocenters. The highest BCUT2D eigenvalue weighted by Crippen LogP contribution is 2.19. The molecule has 2 rings (SSSR count). The molecule has 1 N–H and O–H groups in total. The Bertz CT molecular complexity index is 417. The maximum absolute atomic E-state index is 12.4. The van der Waals surface area contributed by atoms with Gasteiger partial charge in [-0.05, 0) is 51.4 Å². The number of nitrogens with zero attached hydrogens (tertiary/aromatic N) is 2. The van der Waals surface area contributed by atoms with E-state index in [4.69, 9.17) is 0 Å². The van der Waals surface area contributed by atoms with Gasteiger partial charge in [0.15, 0.2) is 0 Å². The molecule has 100 valence electrons. The molecule has 0 aliphatic carbocycles. The zero-order valence-corrected chi connectivity index (χ0v) is 11.6. The molecule has 1 amide bonds. The van der Waals surface area contributed by atoms with Gasteiger partial charge >= 0.3 is 0 Å². The molecule has 0 radical (unpaired) electrons. The lowest BCUT2D eigenvalue weighted by molar-refractivity contribution is 0.0681. The fraction of sp³-hybridized carbons (Fsp3) is 0.643. The van der Waals surface area contributed by atoms with Crippen LogP contribution in [0.3, 0.4) is 0 Å². The summed E-state index contributed by atoms with van der Waals surface area (Å²) in [5.41, 5.74) is 1.93. The van der Waals surface area contributed by atoms with Crippen LogP contribution in [0.15, 0.2) is 12.1 Å². The van der Waals surface area contributed by atoms with E-state index < -0.39 is 0 Å². The van der Waals surface area contributed by atoms with Gasteiger partial charge in [-0.25, -0.2) is 0 Å². The zero-order chi connectivity index (χ0) is 13.1. The van der Waals surface area contributed by atoms with Crippen LogP contribution in [0.5, 0.6) is 0 Å². The van der Waals surface area contributed by atoms with Crippen molar-refractivity contribution in [1.29, 1.82) is 0 Å². The molecule has 1 aliphatic rings. The number of carbonyl (C=O) groups excluding carboxylic acids is 1. The van der Waals surface area contributed by atoms with Gasteiger partial charge < -0.3 is 14.8 Å². The quantitative estimate of drug-likeness (QED) is 0.879. The van der Waals surface area contributed by atoms with E-state index in [1.54, 1.807) is 0 Å². The maximum atomic E-state index is 12.4. The summed E-state index contributed by atoms with van der Waals surface area (Å²) in [6, 6.07) is 3.93. The first-order chi connectivity index (χ1) is 8.63. The second kappa shape index (κ2) is 5.57. The summed E-state index contributed by atoms with van der Waals surface area (Å²) in [5.74, 6) is 0.891. The van der Waals surface area contributed by atoms with E-state index in [1.807, 2.05) is 42.6 Å². The Morgan fingerprint density at radius 1 is 1.39 bits per heavy atom. The van der Waals surface area contributed by atoms with Gasteiger partial charge in [0.2, 0.25) is 0 Å². The minimum Gasteiger partial charge on any atom is -0.344 e. The Kier molecular flexibility index (Phi) is 4.07. The summed E-state index contributed by atoms with van der Waals surface area (Å²) in [7, 11) is 3.95. The standard InChI is InChI=1S/C14H23N3O/c1-11-4-5-13(16(11)3)14(18)17-8-6-12(7-9-17)10-15-2/h4-5,12,15H,6-10H2,1-3H3. The van der Waals surface area contributed by atoms with Crippen LogP contribution in [0.4, 0.5) is 0 Å². The monoisotopic (exact) mass is 249 g/mol. The van der Waals surface area contributed by atoms with Crippen LogP contribution < -0.4 is 5.32 Å². The molecule has 4 heteroatoms. The lowest BCUT2D eigenvalue weighted by Gasteiger charge is -2.32. The van der Waals surface area contributed by atoms with Gasteiger partial charge in [-0.1, -0.05) is 0 Å². The summed E-state index contributed by atoms with van der Waals surface area (Å²) in [5, 5.41) is 3.22. The average molecular weight is 249 g/mol. The fourth-order valence-electron chi connectivity index (χ4n) is 2.62. The van der Waals surface area contributed by atoms with E-state index in [-0.39, 0.29) is 5.91 Å². The van der Waals surface area contributed by atoms with Crippen molar-refractivity contribution >= 4 is 5.91 Å². The predicted molar refractivity (Wildman–Crippen MR) is 72.7 cm³/mol. The van der Waals surface area contributed by atoms with Crippen LogP contribution >= 0.6 is 0 Å². The van der Waals surface area contributed by atoms with Crippen molar-refractivity contribution in [2.45, 2.75) is 19.8 Å².